The van der Waals surface area contributed by atoms with Crippen LogP contribution >= 0.6 is 0 Å². The van der Waals surface area contributed by atoms with E-state index >= 15 is 0 Å². The Balaban J connectivity index is 1.53. The summed E-state index contributed by atoms with van der Waals surface area (Å²) < 4.78 is 41.3. The number of aromatic nitrogens is 2. The number of hydrogen-bond donors (Lipinski definition) is 2. The number of carbonyl (C=O) groups is 2. The number of fused-ring (bicyclic) bond motifs is 1. The quantitative estimate of drug-likeness (QED) is 0.604. The van der Waals surface area contributed by atoms with Gasteiger partial charge in [-0.15, -0.1) is 0 Å². The van der Waals surface area contributed by atoms with Gasteiger partial charge in [0.05, 0.1) is 17.0 Å². The molecular formula is C23H22F3N5O2. The van der Waals surface area contributed by atoms with Gasteiger partial charge in [0.25, 0.3) is 0 Å². The average Bonchev–Trinajstić information content (AvgIpc) is 2.78. The van der Waals surface area contributed by atoms with E-state index in [0.29, 0.717) is 36.3 Å². The van der Waals surface area contributed by atoms with Crippen molar-refractivity contribution in [1.29, 1.82) is 0 Å². The fraction of sp³-hybridized carbons (Fsp3) is 0.304. The van der Waals surface area contributed by atoms with Gasteiger partial charge in [-0.05, 0) is 49.2 Å². The molecule has 1 aliphatic rings. The van der Waals surface area contributed by atoms with Gasteiger partial charge in [-0.1, -0.05) is 12.1 Å². The average molecular weight is 457 g/mol. The van der Waals surface area contributed by atoms with Gasteiger partial charge in [0.1, 0.15) is 0 Å². The Morgan fingerprint density at radius 1 is 0.970 bits per heavy atom. The van der Waals surface area contributed by atoms with Crippen LogP contribution in [0.4, 0.5) is 30.4 Å². The highest BCUT2D eigenvalue weighted by atomic mass is 19.4. The second-order valence-corrected chi connectivity index (χ2v) is 7.92. The number of hydrogen-bond acceptors (Lipinski definition) is 5. The van der Waals surface area contributed by atoms with E-state index < -0.39 is 17.8 Å². The van der Waals surface area contributed by atoms with Gasteiger partial charge in [-0.25, -0.2) is 9.97 Å². The number of rotatable bonds is 4. The molecule has 1 atom stereocenters. The van der Waals surface area contributed by atoms with Gasteiger partial charge in [0, 0.05) is 31.4 Å². The normalized spacial score (nSPS) is 16.5. The molecule has 1 saturated heterocycles. The minimum Gasteiger partial charge on any atom is -0.354 e. The van der Waals surface area contributed by atoms with Crippen molar-refractivity contribution in [3.63, 3.8) is 0 Å². The van der Waals surface area contributed by atoms with Crippen LogP contribution in [0, 0.1) is 5.92 Å². The van der Waals surface area contributed by atoms with Gasteiger partial charge in [-0.3, -0.25) is 9.59 Å². The van der Waals surface area contributed by atoms with Gasteiger partial charge < -0.3 is 15.5 Å². The Bertz CT molecular complexity index is 1180. The summed E-state index contributed by atoms with van der Waals surface area (Å²) >= 11 is 0. The monoisotopic (exact) mass is 457 g/mol. The van der Waals surface area contributed by atoms with Crippen molar-refractivity contribution in [1.82, 2.24) is 9.97 Å². The first-order valence-corrected chi connectivity index (χ1v) is 10.5. The Labute approximate surface area is 188 Å². The Hall–Kier alpha value is -3.69. The molecule has 2 amide bonds. The molecule has 0 spiro atoms. The number of nitrogens with zero attached hydrogens (tertiary/aromatic N) is 3. The summed E-state index contributed by atoms with van der Waals surface area (Å²) in [7, 11) is 0. The number of para-hydroxylation sites is 2. The molecule has 0 aliphatic carbocycles. The summed E-state index contributed by atoms with van der Waals surface area (Å²) in [5.74, 6) is -1.25. The van der Waals surface area contributed by atoms with Gasteiger partial charge in [0.15, 0.2) is 11.5 Å². The lowest BCUT2D eigenvalue weighted by Gasteiger charge is -2.34. The van der Waals surface area contributed by atoms with Crippen LogP contribution in [0.1, 0.15) is 25.5 Å². The van der Waals surface area contributed by atoms with E-state index in [9.17, 15) is 22.8 Å². The van der Waals surface area contributed by atoms with Crippen LogP contribution in [0.25, 0.3) is 11.0 Å². The molecule has 2 heterocycles. The highest BCUT2D eigenvalue weighted by Crippen LogP contribution is 2.36. The first-order valence-electron chi connectivity index (χ1n) is 10.5. The van der Waals surface area contributed by atoms with Crippen molar-refractivity contribution in [2.24, 2.45) is 5.92 Å². The van der Waals surface area contributed by atoms with Crippen LogP contribution in [-0.2, 0) is 15.8 Å². The highest BCUT2D eigenvalue weighted by Gasteiger charge is 2.40. The van der Waals surface area contributed by atoms with Crippen LogP contribution in [0.2, 0.25) is 0 Å². The molecule has 1 aliphatic heterocycles. The number of alkyl halides is 3. The van der Waals surface area contributed by atoms with Crippen LogP contribution in [0.15, 0.2) is 48.5 Å². The van der Waals surface area contributed by atoms with Crippen molar-refractivity contribution in [2.45, 2.75) is 25.9 Å². The van der Waals surface area contributed by atoms with E-state index in [-0.39, 0.29) is 29.7 Å². The number of nitrogens with one attached hydrogen (secondary N) is 2. The minimum absolute atomic E-state index is 0.103. The van der Waals surface area contributed by atoms with Crippen molar-refractivity contribution in [3.05, 3.63) is 54.2 Å². The summed E-state index contributed by atoms with van der Waals surface area (Å²) in [6.07, 6.45) is -3.57. The zero-order valence-electron chi connectivity index (χ0n) is 17.8. The predicted octanol–water partition coefficient (Wildman–Crippen LogP) is 4.46. The van der Waals surface area contributed by atoms with E-state index in [4.69, 9.17) is 0 Å². The molecule has 3 aromatic rings. The summed E-state index contributed by atoms with van der Waals surface area (Å²) in [6.45, 7) is 1.85. The van der Waals surface area contributed by atoms with Crippen molar-refractivity contribution in [3.8, 4) is 0 Å². The standard InChI is InChI=1S/C23H22F3N5O2/c1-14(32)27-16-8-10-17(11-9-16)28-22(33)15-5-4-12-31(13-15)21-20(23(24,25)26)29-18-6-2-3-7-19(18)30-21/h2-3,6-11,15H,4-5,12-13H2,1H3,(H,27,32)(H,28,33)/t15-/m0/s1. The maximum Gasteiger partial charge on any atom is 0.437 e. The molecule has 7 nitrogen and oxygen atoms in total. The SMILES string of the molecule is CC(=O)Nc1ccc(NC(=O)[C@H]2CCCN(c3nc4ccccc4nc3C(F)(F)F)C2)cc1. The Morgan fingerprint density at radius 2 is 1.58 bits per heavy atom. The fourth-order valence-electron chi connectivity index (χ4n) is 3.87. The molecule has 1 fully saturated rings. The largest absolute Gasteiger partial charge is 0.437 e. The summed E-state index contributed by atoms with van der Waals surface area (Å²) in [4.78, 5) is 33.5. The lowest BCUT2D eigenvalue weighted by atomic mass is 9.96. The second-order valence-electron chi connectivity index (χ2n) is 7.92. The van der Waals surface area contributed by atoms with Crippen LogP contribution in [-0.4, -0.2) is 34.9 Å². The smallest absolute Gasteiger partial charge is 0.354 e. The number of benzene rings is 2. The summed E-state index contributed by atoms with van der Waals surface area (Å²) in [5, 5.41) is 5.44. The molecule has 0 radical (unpaired) electrons. The number of amides is 2. The molecule has 0 bridgehead atoms. The minimum atomic E-state index is -4.67. The molecule has 1 aromatic heterocycles. The van der Waals surface area contributed by atoms with Gasteiger partial charge in [-0.2, -0.15) is 13.2 Å². The van der Waals surface area contributed by atoms with Gasteiger partial charge in [0.2, 0.25) is 11.8 Å². The topological polar surface area (TPSA) is 87.2 Å². The Morgan fingerprint density at radius 3 is 2.18 bits per heavy atom. The zero-order chi connectivity index (χ0) is 23.6. The summed E-state index contributed by atoms with van der Waals surface area (Å²) in [6, 6.07) is 13.0. The van der Waals surface area contributed by atoms with Gasteiger partial charge >= 0.3 is 6.18 Å². The molecule has 0 unspecified atom stereocenters. The second kappa shape index (κ2) is 9.05. The molecule has 10 heteroatoms. The number of piperidine rings is 1. The Kier molecular flexibility index (Phi) is 6.17. The van der Waals surface area contributed by atoms with E-state index in [2.05, 4.69) is 20.6 Å². The zero-order valence-corrected chi connectivity index (χ0v) is 17.8. The first-order chi connectivity index (χ1) is 15.7. The first kappa shape index (κ1) is 22.5. The molecule has 2 aromatic carbocycles. The van der Waals surface area contributed by atoms with Crippen molar-refractivity contribution in [2.75, 3.05) is 28.6 Å². The molecule has 172 valence electrons. The summed E-state index contributed by atoms with van der Waals surface area (Å²) in [5.41, 5.74) is 0.622. The maximum absolute atomic E-state index is 13.8. The number of halogens is 3. The molecular weight excluding hydrogens is 435 g/mol. The van der Waals surface area contributed by atoms with Crippen molar-refractivity contribution >= 4 is 40.0 Å². The molecule has 2 N–H and O–H groups in total. The third kappa shape index (κ3) is 5.21. The van der Waals surface area contributed by atoms with E-state index in [1.165, 1.54) is 17.9 Å². The lowest BCUT2D eigenvalue weighted by molar-refractivity contribution is -0.140. The molecule has 33 heavy (non-hydrogen) atoms. The molecule has 4 rings (SSSR count). The van der Waals surface area contributed by atoms with Crippen LogP contribution < -0.4 is 15.5 Å². The lowest BCUT2D eigenvalue weighted by Crippen LogP contribution is -2.42. The van der Waals surface area contributed by atoms with E-state index in [1.54, 1.807) is 42.5 Å². The highest BCUT2D eigenvalue weighted by molar-refractivity contribution is 5.94. The predicted molar refractivity (Wildman–Crippen MR) is 119 cm³/mol. The third-order valence-corrected chi connectivity index (χ3v) is 5.39. The number of carbonyl (C=O) groups excluding carboxylic acids is 2. The van der Waals surface area contributed by atoms with Crippen LogP contribution in [0.3, 0.4) is 0 Å². The van der Waals surface area contributed by atoms with Crippen LogP contribution in [0.5, 0.6) is 0 Å². The third-order valence-electron chi connectivity index (χ3n) is 5.39. The maximum atomic E-state index is 13.8. The fourth-order valence-corrected chi connectivity index (χ4v) is 3.87. The van der Waals surface area contributed by atoms with Crippen molar-refractivity contribution < 1.29 is 22.8 Å². The number of anilines is 3. The molecule has 0 saturated carbocycles. The van der Waals surface area contributed by atoms with E-state index in [0.717, 1.165) is 0 Å². The van der Waals surface area contributed by atoms with E-state index in [1.807, 2.05) is 0 Å².